The number of rotatable bonds is 2. The highest BCUT2D eigenvalue weighted by atomic mass is 31.0. The Labute approximate surface area is 103 Å². The predicted molar refractivity (Wildman–Crippen MR) is 75.7 cm³/mol. The van der Waals surface area contributed by atoms with Crippen molar-refractivity contribution < 1.29 is 0 Å². The molecule has 3 aromatic rings. The molecule has 0 amide bonds. The first-order chi connectivity index (χ1) is 8.45. The van der Waals surface area contributed by atoms with Crippen molar-refractivity contribution in [3.8, 4) is 22.3 Å². The van der Waals surface area contributed by atoms with E-state index in [0.29, 0.717) is 8.19 Å². The zero-order valence-electron chi connectivity index (χ0n) is 9.35. The van der Waals surface area contributed by atoms with Crippen LogP contribution in [0.2, 0.25) is 0 Å². The Morgan fingerprint density at radius 2 is 1.29 bits per heavy atom. The quantitative estimate of drug-likeness (QED) is 0.595. The van der Waals surface area contributed by atoms with Crippen LogP contribution in [0.15, 0.2) is 66.5 Å². The van der Waals surface area contributed by atoms with E-state index in [9.17, 15) is 0 Å². The van der Waals surface area contributed by atoms with E-state index in [0.717, 1.165) is 0 Å². The zero-order chi connectivity index (χ0) is 11.5. The van der Waals surface area contributed by atoms with Crippen LogP contribution in [0.1, 0.15) is 0 Å². The Morgan fingerprint density at radius 1 is 0.706 bits per heavy atom. The summed E-state index contributed by atoms with van der Waals surface area (Å²) in [7, 11) is 0.671. The largest absolute Gasteiger partial charge is 0.130 e. The molecule has 0 spiro atoms. The molecule has 0 fully saturated rings. The molecular formula is C16H12P. The fourth-order valence-corrected chi connectivity index (χ4v) is 2.95. The molecule has 81 valence electrons. The molecule has 0 nitrogen and oxygen atoms in total. The second kappa shape index (κ2) is 4.61. The minimum Gasteiger partial charge on any atom is -0.130 e. The summed E-state index contributed by atoms with van der Waals surface area (Å²) in [6.45, 7) is 0. The lowest BCUT2D eigenvalue weighted by molar-refractivity contribution is 1.63. The first kappa shape index (κ1) is 10.4. The molecule has 1 atom stereocenters. The average molecular weight is 235 g/mol. The van der Waals surface area contributed by atoms with Gasteiger partial charge in [0.1, 0.15) is 0 Å². The van der Waals surface area contributed by atoms with Gasteiger partial charge in [-0.15, -0.1) is 8.19 Å². The van der Waals surface area contributed by atoms with Crippen molar-refractivity contribution in [3.63, 3.8) is 0 Å². The van der Waals surface area contributed by atoms with Gasteiger partial charge in [0.2, 0.25) is 0 Å². The van der Waals surface area contributed by atoms with E-state index in [1.165, 1.54) is 22.3 Å². The molecule has 3 rings (SSSR count). The van der Waals surface area contributed by atoms with Gasteiger partial charge in [-0.2, -0.15) is 0 Å². The van der Waals surface area contributed by atoms with Crippen molar-refractivity contribution >= 4 is 8.19 Å². The molecule has 0 saturated heterocycles. The van der Waals surface area contributed by atoms with Crippen molar-refractivity contribution in [1.82, 2.24) is 0 Å². The van der Waals surface area contributed by atoms with E-state index >= 15 is 0 Å². The number of hydrogen-bond donors (Lipinski definition) is 0. The van der Waals surface area contributed by atoms with Gasteiger partial charge in [0.25, 0.3) is 0 Å². The van der Waals surface area contributed by atoms with E-state index in [1.54, 1.807) is 0 Å². The highest BCUT2D eigenvalue weighted by molar-refractivity contribution is 7.28. The smallest absolute Gasteiger partial charge is 0.0110 e. The Balaban J connectivity index is 2.13. The SMILES string of the molecule is [c]1[pH]cc(-c2ccccc2)c1-c1ccccc1. The summed E-state index contributed by atoms with van der Waals surface area (Å²) < 4.78 is 0. The first-order valence-corrected chi connectivity index (χ1v) is 6.73. The third kappa shape index (κ3) is 2.05. The second-order valence-electron chi connectivity index (χ2n) is 3.93. The molecule has 1 aromatic heterocycles. The van der Waals surface area contributed by atoms with Crippen molar-refractivity contribution in [2.45, 2.75) is 0 Å². The number of hydrogen-bond acceptors (Lipinski definition) is 0. The summed E-state index contributed by atoms with van der Waals surface area (Å²) in [5.74, 6) is 5.75. The summed E-state index contributed by atoms with van der Waals surface area (Å²) in [5, 5.41) is 0. The summed E-state index contributed by atoms with van der Waals surface area (Å²) in [5.41, 5.74) is 5.10. The average Bonchev–Trinajstić information content (AvgIpc) is 2.90. The van der Waals surface area contributed by atoms with Gasteiger partial charge in [-0.1, -0.05) is 60.7 Å². The molecule has 0 aliphatic heterocycles. The van der Waals surface area contributed by atoms with Crippen LogP contribution in [0.4, 0.5) is 0 Å². The highest BCUT2D eigenvalue weighted by Crippen LogP contribution is 2.36. The normalized spacial score (nSPS) is 10.4. The molecule has 0 saturated carbocycles. The van der Waals surface area contributed by atoms with Crippen molar-refractivity contribution in [2.75, 3.05) is 0 Å². The Hall–Kier alpha value is -1.78. The minimum absolute atomic E-state index is 0.671. The van der Waals surface area contributed by atoms with Crippen LogP contribution in [0.3, 0.4) is 0 Å². The van der Waals surface area contributed by atoms with Gasteiger partial charge in [0, 0.05) is 11.4 Å². The Bertz CT molecular complexity index is 540. The van der Waals surface area contributed by atoms with Gasteiger partial charge >= 0.3 is 0 Å². The summed E-state index contributed by atoms with van der Waals surface area (Å²) in [6, 6.07) is 21.0. The summed E-state index contributed by atoms with van der Waals surface area (Å²) in [4.78, 5) is 0. The highest BCUT2D eigenvalue weighted by Gasteiger charge is 2.07. The van der Waals surface area contributed by atoms with Gasteiger partial charge in [0.15, 0.2) is 0 Å². The third-order valence-corrected chi connectivity index (χ3v) is 3.66. The van der Waals surface area contributed by atoms with Crippen LogP contribution < -0.4 is 0 Å². The maximum Gasteiger partial charge on any atom is 0.0110 e. The third-order valence-electron chi connectivity index (χ3n) is 2.83. The van der Waals surface area contributed by atoms with E-state index in [-0.39, 0.29) is 0 Å². The molecule has 0 N–H and O–H groups in total. The summed E-state index contributed by atoms with van der Waals surface area (Å²) >= 11 is 0. The molecule has 17 heavy (non-hydrogen) atoms. The van der Waals surface area contributed by atoms with Gasteiger partial charge in [-0.05, 0) is 22.5 Å². The molecular weight excluding hydrogens is 223 g/mol. The predicted octanol–water partition coefficient (Wildman–Crippen LogP) is 4.85. The van der Waals surface area contributed by atoms with E-state index in [2.05, 4.69) is 66.2 Å². The van der Waals surface area contributed by atoms with Crippen LogP contribution in [0, 0.1) is 5.80 Å². The molecule has 1 heterocycles. The second-order valence-corrected chi connectivity index (χ2v) is 4.76. The van der Waals surface area contributed by atoms with Gasteiger partial charge in [-0.25, -0.2) is 0 Å². The van der Waals surface area contributed by atoms with E-state index in [1.807, 2.05) is 6.07 Å². The van der Waals surface area contributed by atoms with Crippen LogP contribution in [0.5, 0.6) is 0 Å². The fraction of sp³-hybridized carbons (Fsp3) is 0. The fourth-order valence-electron chi connectivity index (χ4n) is 2.00. The lowest BCUT2D eigenvalue weighted by Gasteiger charge is -2.04. The molecule has 2 aromatic carbocycles. The van der Waals surface area contributed by atoms with E-state index in [4.69, 9.17) is 0 Å². The maximum absolute atomic E-state index is 3.47. The van der Waals surface area contributed by atoms with Crippen molar-refractivity contribution in [1.29, 1.82) is 0 Å². The molecule has 1 unspecified atom stereocenters. The standard InChI is InChI=1S/C16H12P/c1-3-7-13(8-4-1)15-11-17-12-16(15)14-9-5-2-6-10-14/h1-11,17H. The molecule has 0 aliphatic rings. The number of benzene rings is 2. The van der Waals surface area contributed by atoms with Crippen molar-refractivity contribution in [3.05, 3.63) is 72.3 Å². The lowest BCUT2D eigenvalue weighted by atomic mass is 9.99. The molecule has 1 radical (unpaired) electrons. The Kier molecular flexibility index (Phi) is 2.81. The minimum atomic E-state index is 0.671. The van der Waals surface area contributed by atoms with Crippen molar-refractivity contribution in [2.24, 2.45) is 0 Å². The van der Waals surface area contributed by atoms with Crippen LogP contribution in [0.25, 0.3) is 22.3 Å². The topological polar surface area (TPSA) is 0 Å². The lowest BCUT2D eigenvalue weighted by Crippen LogP contribution is -1.79. The van der Waals surface area contributed by atoms with Crippen LogP contribution in [-0.4, -0.2) is 0 Å². The van der Waals surface area contributed by atoms with Crippen LogP contribution in [-0.2, 0) is 0 Å². The van der Waals surface area contributed by atoms with E-state index < -0.39 is 0 Å². The summed E-state index contributed by atoms with van der Waals surface area (Å²) in [6.07, 6.45) is 0. The molecule has 0 aliphatic carbocycles. The van der Waals surface area contributed by atoms with Gasteiger partial charge in [0.05, 0.1) is 0 Å². The Morgan fingerprint density at radius 3 is 1.94 bits per heavy atom. The maximum atomic E-state index is 3.47. The van der Waals surface area contributed by atoms with Gasteiger partial charge < -0.3 is 0 Å². The zero-order valence-corrected chi connectivity index (χ0v) is 10.4. The molecule has 0 bridgehead atoms. The van der Waals surface area contributed by atoms with Crippen LogP contribution >= 0.6 is 8.19 Å². The van der Waals surface area contributed by atoms with Gasteiger partial charge in [-0.3, -0.25) is 0 Å². The monoisotopic (exact) mass is 235 g/mol. The first-order valence-electron chi connectivity index (χ1n) is 5.65. The molecule has 1 heteroatoms.